The number of aliphatic hydroxyl groups is 1. The van der Waals surface area contributed by atoms with Crippen LogP contribution in [0.4, 0.5) is 5.82 Å². The molecule has 1 fully saturated rings. The van der Waals surface area contributed by atoms with Crippen LogP contribution in [-0.4, -0.2) is 53.7 Å². The third kappa shape index (κ3) is 3.91. The summed E-state index contributed by atoms with van der Waals surface area (Å²) in [6.07, 6.45) is 3.87. The van der Waals surface area contributed by atoms with E-state index in [2.05, 4.69) is 15.2 Å². The third-order valence-corrected chi connectivity index (χ3v) is 3.65. The number of likely N-dealkylation sites (tertiary alicyclic amines) is 1. The summed E-state index contributed by atoms with van der Waals surface area (Å²) in [7, 11) is 0. The van der Waals surface area contributed by atoms with Crippen molar-refractivity contribution in [2.45, 2.75) is 12.8 Å². The summed E-state index contributed by atoms with van der Waals surface area (Å²) < 4.78 is 0. The molecule has 1 amide bonds. The Morgan fingerprint density at radius 3 is 3.20 bits per heavy atom. The van der Waals surface area contributed by atoms with Gasteiger partial charge in [-0.25, -0.2) is 4.98 Å². The highest BCUT2D eigenvalue weighted by Crippen LogP contribution is 2.15. The minimum atomic E-state index is -0.473. The van der Waals surface area contributed by atoms with Crippen molar-refractivity contribution in [3.63, 3.8) is 0 Å². The van der Waals surface area contributed by atoms with Gasteiger partial charge in [-0.1, -0.05) is 0 Å². The molecule has 0 bridgehead atoms. The lowest BCUT2D eigenvalue weighted by atomic mass is 9.99. The van der Waals surface area contributed by atoms with Crippen molar-refractivity contribution < 1.29 is 9.90 Å². The molecule has 1 aliphatic rings. The van der Waals surface area contributed by atoms with Gasteiger partial charge in [-0.05, 0) is 37.4 Å². The molecular formula is C14H22N4O2. The second-order valence-corrected chi connectivity index (χ2v) is 5.18. The molecule has 20 heavy (non-hydrogen) atoms. The Kier molecular flexibility index (Phi) is 5.31. The topological polar surface area (TPSA) is 91.5 Å². The number of aliphatic hydroxyl groups excluding tert-OH is 1. The quantitative estimate of drug-likeness (QED) is 0.696. The van der Waals surface area contributed by atoms with E-state index in [9.17, 15) is 9.90 Å². The molecule has 1 atom stereocenters. The highest BCUT2D eigenvalue weighted by Gasteiger charge is 2.18. The summed E-state index contributed by atoms with van der Waals surface area (Å²) in [5.74, 6) is 0.453. The van der Waals surface area contributed by atoms with Gasteiger partial charge in [-0.15, -0.1) is 0 Å². The van der Waals surface area contributed by atoms with Crippen LogP contribution in [0.5, 0.6) is 0 Å². The summed E-state index contributed by atoms with van der Waals surface area (Å²) in [6, 6.07) is 3.36. The molecule has 0 saturated carbocycles. The van der Waals surface area contributed by atoms with E-state index >= 15 is 0 Å². The van der Waals surface area contributed by atoms with Crippen LogP contribution in [0.3, 0.4) is 0 Å². The normalized spacial score (nSPS) is 19.8. The van der Waals surface area contributed by atoms with E-state index < -0.39 is 5.91 Å². The van der Waals surface area contributed by atoms with Gasteiger partial charge in [-0.2, -0.15) is 0 Å². The molecule has 6 nitrogen and oxygen atoms in total. The number of primary amides is 1. The molecule has 1 aliphatic heterocycles. The fraction of sp³-hybridized carbons (Fsp3) is 0.571. The average molecular weight is 278 g/mol. The number of nitrogens with two attached hydrogens (primary N) is 1. The first-order valence-corrected chi connectivity index (χ1v) is 7.02. The molecule has 1 unspecified atom stereocenters. The lowest BCUT2D eigenvalue weighted by molar-refractivity contribution is 0.100. The van der Waals surface area contributed by atoms with E-state index in [0.29, 0.717) is 23.8 Å². The first-order valence-electron chi connectivity index (χ1n) is 7.02. The zero-order valence-corrected chi connectivity index (χ0v) is 11.6. The zero-order chi connectivity index (χ0) is 14.4. The number of pyridine rings is 1. The summed E-state index contributed by atoms with van der Waals surface area (Å²) >= 11 is 0. The zero-order valence-electron chi connectivity index (χ0n) is 11.6. The summed E-state index contributed by atoms with van der Waals surface area (Å²) in [5.41, 5.74) is 5.72. The molecule has 0 aliphatic carbocycles. The number of nitrogens with zero attached hydrogens (tertiary/aromatic N) is 2. The standard InChI is InChI=1S/C14H22N4O2/c15-13(20)12-4-1-5-16-14(12)17-6-8-18-7-2-3-11(9-18)10-19/h1,4-5,11,19H,2-3,6-10H2,(H2,15,20)(H,16,17). The van der Waals surface area contributed by atoms with Gasteiger partial charge in [-0.3, -0.25) is 4.79 Å². The van der Waals surface area contributed by atoms with Crippen LogP contribution in [-0.2, 0) is 0 Å². The molecule has 0 aromatic carbocycles. The van der Waals surface area contributed by atoms with Gasteiger partial charge >= 0.3 is 0 Å². The Morgan fingerprint density at radius 2 is 2.45 bits per heavy atom. The first kappa shape index (κ1) is 14.7. The van der Waals surface area contributed by atoms with Crippen molar-refractivity contribution in [2.24, 2.45) is 11.7 Å². The number of carbonyl (C=O) groups excluding carboxylic acids is 1. The molecular weight excluding hydrogens is 256 g/mol. The molecule has 0 spiro atoms. The van der Waals surface area contributed by atoms with Gasteiger partial charge < -0.3 is 21.1 Å². The monoisotopic (exact) mass is 278 g/mol. The number of aromatic nitrogens is 1. The van der Waals surface area contributed by atoms with Gasteiger partial charge in [0.25, 0.3) is 5.91 Å². The molecule has 110 valence electrons. The van der Waals surface area contributed by atoms with Crippen LogP contribution in [0, 0.1) is 5.92 Å². The SMILES string of the molecule is NC(=O)c1cccnc1NCCN1CCCC(CO)C1. The van der Waals surface area contributed by atoms with E-state index in [1.54, 1.807) is 18.3 Å². The Morgan fingerprint density at radius 1 is 1.60 bits per heavy atom. The Balaban J connectivity index is 1.82. The van der Waals surface area contributed by atoms with Crippen molar-refractivity contribution in [2.75, 3.05) is 38.1 Å². The second kappa shape index (κ2) is 7.21. The molecule has 4 N–H and O–H groups in total. The maximum Gasteiger partial charge on any atom is 0.252 e. The van der Waals surface area contributed by atoms with Crippen LogP contribution < -0.4 is 11.1 Å². The summed E-state index contributed by atoms with van der Waals surface area (Å²) in [5, 5.41) is 12.4. The number of hydrogen-bond donors (Lipinski definition) is 3. The number of rotatable bonds is 6. The highest BCUT2D eigenvalue weighted by atomic mass is 16.3. The number of nitrogens with one attached hydrogen (secondary N) is 1. The predicted molar refractivity (Wildman–Crippen MR) is 77.5 cm³/mol. The number of hydrogen-bond acceptors (Lipinski definition) is 5. The van der Waals surface area contributed by atoms with Crippen molar-refractivity contribution in [3.05, 3.63) is 23.9 Å². The lowest BCUT2D eigenvalue weighted by Gasteiger charge is -2.31. The minimum absolute atomic E-state index is 0.260. The number of piperidine rings is 1. The van der Waals surface area contributed by atoms with Crippen molar-refractivity contribution in [1.29, 1.82) is 0 Å². The van der Waals surface area contributed by atoms with Gasteiger partial charge in [0.05, 0.1) is 5.56 Å². The van der Waals surface area contributed by atoms with Crippen molar-refractivity contribution in [1.82, 2.24) is 9.88 Å². The van der Waals surface area contributed by atoms with Gasteiger partial charge in [0.15, 0.2) is 0 Å². The summed E-state index contributed by atoms with van der Waals surface area (Å²) in [6.45, 7) is 3.82. The summed E-state index contributed by atoms with van der Waals surface area (Å²) in [4.78, 5) is 17.7. The fourth-order valence-electron chi connectivity index (χ4n) is 2.58. The third-order valence-electron chi connectivity index (χ3n) is 3.65. The molecule has 1 aromatic heterocycles. The van der Waals surface area contributed by atoms with Crippen LogP contribution in [0.2, 0.25) is 0 Å². The molecule has 1 aromatic rings. The molecule has 2 heterocycles. The average Bonchev–Trinajstić information content (AvgIpc) is 2.48. The van der Waals surface area contributed by atoms with Crippen LogP contribution in [0.1, 0.15) is 23.2 Å². The first-order chi connectivity index (χ1) is 9.70. The van der Waals surface area contributed by atoms with E-state index in [-0.39, 0.29) is 6.61 Å². The Hall–Kier alpha value is -1.66. The molecule has 6 heteroatoms. The second-order valence-electron chi connectivity index (χ2n) is 5.18. The van der Waals surface area contributed by atoms with Crippen LogP contribution in [0.25, 0.3) is 0 Å². The van der Waals surface area contributed by atoms with E-state index in [0.717, 1.165) is 32.5 Å². The molecule has 2 rings (SSSR count). The Labute approximate surface area is 119 Å². The highest BCUT2D eigenvalue weighted by molar-refractivity contribution is 5.97. The van der Waals surface area contributed by atoms with Crippen LogP contribution >= 0.6 is 0 Å². The Bertz CT molecular complexity index is 453. The molecule has 0 radical (unpaired) electrons. The van der Waals surface area contributed by atoms with Gasteiger partial charge in [0, 0.05) is 32.4 Å². The van der Waals surface area contributed by atoms with E-state index in [1.807, 2.05) is 0 Å². The van der Waals surface area contributed by atoms with E-state index in [1.165, 1.54) is 0 Å². The number of carbonyl (C=O) groups is 1. The van der Waals surface area contributed by atoms with Crippen molar-refractivity contribution >= 4 is 11.7 Å². The van der Waals surface area contributed by atoms with Gasteiger partial charge in [0.2, 0.25) is 0 Å². The van der Waals surface area contributed by atoms with E-state index in [4.69, 9.17) is 5.73 Å². The lowest BCUT2D eigenvalue weighted by Crippen LogP contribution is -2.39. The number of amides is 1. The molecule has 1 saturated heterocycles. The largest absolute Gasteiger partial charge is 0.396 e. The maximum absolute atomic E-state index is 11.3. The van der Waals surface area contributed by atoms with Crippen LogP contribution in [0.15, 0.2) is 18.3 Å². The minimum Gasteiger partial charge on any atom is -0.396 e. The number of anilines is 1. The van der Waals surface area contributed by atoms with Gasteiger partial charge in [0.1, 0.15) is 5.82 Å². The fourth-order valence-corrected chi connectivity index (χ4v) is 2.58. The van der Waals surface area contributed by atoms with Crippen molar-refractivity contribution in [3.8, 4) is 0 Å². The predicted octanol–water partition coefficient (Wildman–Crippen LogP) is 0.297. The maximum atomic E-state index is 11.3. The smallest absolute Gasteiger partial charge is 0.252 e.